The Hall–Kier alpha value is -4.59. The first-order valence-electron chi connectivity index (χ1n) is 12.5. The molecule has 3 nitrogen and oxygen atoms in total. The highest BCUT2D eigenvalue weighted by atomic mass is 16.5. The monoisotopic (exact) mass is 500 g/mol. The zero-order valence-electron chi connectivity index (χ0n) is 22.4. The summed E-state index contributed by atoms with van der Waals surface area (Å²) in [6.07, 6.45) is 2.48. The summed E-state index contributed by atoms with van der Waals surface area (Å²) in [6, 6.07) is 27.7. The Balaban J connectivity index is 1.47. The lowest BCUT2D eigenvalue weighted by Crippen LogP contribution is -2.18. The van der Waals surface area contributed by atoms with Crippen LogP contribution in [0.1, 0.15) is 58.9 Å². The molecule has 4 aromatic rings. The van der Waals surface area contributed by atoms with E-state index in [0.717, 1.165) is 45.6 Å². The quantitative estimate of drug-likeness (QED) is 0.170. The molecule has 0 aromatic heterocycles. The van der Waals surface area contributed by atoms with E-state index in [1.54, 1.807) is 12.1 Å². The van der Waals surface area contributed by atoms with Crippen LogP contribution in [0, 0.1) is 6.92 Å². The van der Waals surface area contributed by atoms with Gasteiger partial charge >= 0.3 is 0 Å². The van der Waals surface area contributed by atoms with E-state index >= 15 is 0 Å². The molecule has 0 spiro atoms. The van der Waals surface area contributed by atoms with Crippen LogP contribution < -0.4 is 9.47 Å². The molecule has 0 aliphatic heterocycles. The Labute approximate surface area is 225 Å². The number of carbonyl (C=O) groups is 1. The van der Waals surface area contributed by atoms with Gasteiger partial charge in [-0.05, 0) is 102 Å². The molecule has 3 heteroatoms. The molecule has 190 valence electrons. The largest absolute Gasteiger partial charge is 0.457 e. The third-order valence-electron chi connectivity index (χ3n) is 6.72. The van der Waals surface area contributed by atoms with Crippen LogP contribution in [0.5, 0.6) is 23.0 Å². The zero-order valence-corrected chi connectivity index (χ0v) is 22.4. The summed E-state index contributed by atoms with van der Waals surface area (Å²) in [5, 5.41) is 0. The van der Waals surface area contributed by atoms with Gasteiger partial charge in [0.05, 0.1) is 0 Å². The molecular weight excluding hydrogens is 468 g/mol. The second-order valence-corrected chi connectivity index (χ2v) is 9.89. The van der Waals surface area contributed by atoms with Crippen LogP contribution in [0.2, 0.25) is 0 Å². The maximum Gasteiger partial charge on any atom is 0.150 e. The fraction of sp³-hybridized carbons (Fsp3) is 0.143. The fourth-order valence-electron chi connectivity index (χ4n) is 4.46. The van der Waals surface area contributed by atoms with Gasteiger partial charge in [-0.15, -0.1) is 5.73 Å². The van der Waals surface area contributed by atoms with Crippen LogP contribution in [0.4, 0.5) is 0 Å². The topological polar surface area (TPSA) is 35.5 Å². The van der Waals surface area contributed by atoms with Crippen LogP contribution in [-0.2, 0) is 5.41 Å². The predicted octanol–water partition coefficient (Wildman–Crippen LogP) is 9.55. The molecule has 0 heterocycles. The number of hydrogen-bond acceptors (Lipinski definition) is 3. The molecule has 4 aromatic carbocycles. The van der Waals surface area contributed by atoms with Gasteiger partial charge in [-0.1, -0.05) is 62.9 Å². The lowest BCUT2D eigenvalue weighted by Gasteiger charge is -2.26. The molecule has 0 aliphatic carbocycles. The molecule has 0 bridgehead atoms. The van der Waals surface area contributed by atoms with Crippen molar-refractivity contribution in [3.63, 3.8) is 0 Å². The van der Waals surface area contributed by atoms with Gasteiger partial charge in [0.1, 0.15) is 23.0 Å². The van der Waals surface area contributed by atoms with Gasteiger partial charge in [-0.3, -0.25) is 4.79 Å². The number of hydrogen-bond donors (Lipinski definition) is 0. The van der Waals surface area contributed by atoms with E-state index in [1.165, 1.54) is 5.56 Å². The summed E-state index contributed by atoms with van der Waals surface area (Å²) in [6.45, 7) is 16.1. The smallest absolute Gasteiger partial charge is 0.150 e. The molecule has 0 atom stereocenters. The summed E-state index contributed by atoms with van der Waals surface area (Å²) in [5.74, 6) is 2.90. The summed E-state index contributed by atoms with van der Waals surface area (Å²) >= 11 is 0. The highest BCUT2D eigenvalue weighted by molar-refractivity contribution is 5.82. The standard InChI is InChI=1S/C35H32O3/c1-7-8-26-9-14-33(22-27(26)23-36)38-31-17-12-29(13-18-31)35(5,6)28-10-15-30(16-11-28)37-32-19-20-34(24(2)3)25(4)21-32/h8-23H,1-2H2,3-6H3. The number of aldehydes is 1. The van der Waals surface area contributed by atoms with E-state index in [2.05, 4.69) is 63.9 Å². The Kier molecular flexibility index (Phi) is 7.81. The highest BCUT2D eigenvalue weighted by Crippen LogP contribution is 2.35. The van der Waals surface area contributed by atoms with Crippen molar-refractivity contribution < 1.29 is 14.3 Å². The number of rotatable bonds is 9. The summed E-state index contributed by atoms with van der Waals surface area (Å²) in [4.78, 5) is 11.4. The second-order valence-electron chi connectivity index (χ2n) is 9.89. The summed E-state index contributed by atoms with van der Waals surface area (Å²) in [7, 11) is 0. The van der Waals surface area contributed by atoms with E-state index in [4.69, 9.17) is 9.47 Å². The van der Waals surface area contributed by atoms with E-state index in [1.807, 2.05) is 61.5 Å². The van der Waals surface area contributed by atoms with Gasteiger partial charge in [0.2, 0.25) is 0 Å². The highest BCUT2D eigenvalue weighted by Gasteiger charge is 2.23. The first-order valence-corrected chi connectivity index (χ1v) is 12.5. The third-order valence-corrected chi connectivity index (χ3v) is 6.72. The molecule has 4 rings (SSSR count). The lowest BCUT2D eigenvalue weighted by atomic mass is 9.78. The Morgan fingerprint density at radius 1 is 0.763 bits per heavy atom. The average molecular weight is 501 g/mol. The molecule has 0 saturated heterocycles. The Morgan fingerprint density at radius 2 is 1.26 bits per heavy atom. The van der Waals surface area contributed by atoms with Crippen molar-refractivity contribution in [1.29, 1.82) is 0 Å². The number of ether oxygens (including phenoxy) is 2. The van der Waals surface area contributed by atoms with Gasteiger partial charge in [-0.25, -0.2) is 0 Å². The normalized spacial score (nSPS) is 10.8. The SMILES string of the molecule is C=C=Cc1ccc(Oc2ccc(C(C)(C)c3ccc(Oc4ccc(C(=C)C)c(C)c4)cc3)cc2)cc1C=O. The van der Waals surface area contributed by atoms with E-state index in [-0.39, 0.29) is 5.41 Å². The molecule has 38 heavy (non-hydrogen) atoms. The van der Waals surface area contributed by atoms with Crippen molar-refractivity contribution in [2.24, 2.45) is 0 Å². The molecule has 0 saturated carbocycles. The van der Waals surface area contributed by atoms with E-state index in [0.29, 0.717) is 17.1 Å². The molecule has 0 aliphatic rings. The Bertz CT molecular complexity index is 1520. The molecule has 0 fully saturated rings. The number of allylic oxidation sites excluding steroid dienone is 1. The number of benzene rings is 4. The van der Waals surface area contributed by atoms with Gasteiger partial charge in [-0.2, -0.15) is 0 Å². The minimum Gasteiger partial charge on any atom is -0.457 e. The van der Waals surface area contributed by atoms with Crippen LogP contribution in [0.3, 0.4) is 0 Å². The van der Waals surface area contributed by atoms with Crippen molar-refractivity contribution in [3.05, 3.63) is 137 Å². The molecular formula is C35H32O3. The van der Waals surface area contributed by atoms with Crippen LogP contribution in [0.15, 0.2) is 104 Å². The maximum atomic E-state index is 11.4. The Morgan fingerprint density at radius 3 is 1.74 bits per heavy atom. The minimum atomic E-state index is -0.222. The molecule has 0 radical (unpaired) electrons. The number of carbonyl (C=O) groups excluding carboxylic acids is 1. The lowest BCUT2D eigenvalue weighted by molar-refractivity contribution is 0.112. The second kappa shape index (κ2) is 11.2. The summed E-state index contributed by atoms with van der Waals surface area (Å²) < 4.78 is 12.1. The first kappa shape index (κ1) is 26.5. The summed E-state index contributed by atoms with van der Waals surface area (Å²) in [5.41, 5.74) is 9.43. The van der Waals surface area contributed by atoms with Crippen molar-refractivity contribution in [3.8, 4) is 23.0 Å². The average Bonchev–Trinajstić information content (AvgIpc) is 2.90. The van der Waals surface area contributed by atoms with E-state index in [9.17, 15) is 4.79 Å². The maximum absolute atomic E-state index is 11.4. The van der Waals surface area contributed by atoms with Gasteiger partial charge in [0.25, 0.3) is 0 Å². The molecule has 0 unspecified atom stereocenters. The zero-order chi connectivity index (χ0) is 27.3. The van der Waals surface area contributed by atoms with Crippen LogP contribution in [-0.4, -0.2) is 6.29 Å². The molecule has 0 amide bonds. The van der Waals surface area contributed by atoms with Crippen molar-refractivity contribution >= 4 is 17.9 Å². The predicted molar refractivity (Wildman–Crippen MR) is 156 cm³/mol. The van der Waals surface area contributed by atoms with Crippen LogP contribution >= 0.6 is 0 Å². The van der Waals surface area contributed by atoms with Crippen molar-refractivity contribution in [1.82, 2.24) is 0 Å². The third kappa shape index (κ3) is 5.86. The van der Waals surface area contributed by atoms with Gasteiger partial charge in [0.15, 0.2) is 6.29 Å². The van der Waals surface area contributed by atoms with Gasteiger partial charge < -0.3 is 9.47 Å². The number of aryl methyl sites for hydroxylation is 1. The van der Waals surface area contributed by atoms with Gasteiger partial charge in [0, 0.05) is 11.0 Å². The fourth-order valence-corrected chi connectivity index (χ4v) is 4.46. The van der Waals surface area contributed by atoms with Crippen LogP contribution in [0.25, 0.3) is 11.6 Å². The first-order chi connectivity index (χ1) is 18.2. The van der Waals surface area contributed by atoms with Crippen molar-refractivity contribution in [2.75, 3.05) is 0 Å². The molecule has 0 N–H and O–H groups in total. The minimum absolute atomic E-state index is 0.222. The van der Waals surface area contributed by atoms with Crippen molar-refractivity contribution in [2.45, 2.75) is 33.1 Å². The van der Waals surface area contributed by atoms with E-state index < -0.39 is 0 Å².